The van der Waals surface area contributed by atoms with Crippen LogP contribution in [0.15, 0.2) is 0 Å². The summed E-state index contributed by atoms with van der Waals surface area (Å²) in [6.45, 7) is 4.67. The zero-order valence-corrected chi connectivity index (χ0v) is 9.75. The van der Waals surface area contributed by atoms with Crippen LogP contribution in [0.3, 0.4) is 0 Å². The second kappa shape index (κ2) is 3.90. The molecule has 1 rings (SSSR count). The Morgan fingerprint density at radius 3 is 2.17 bits per heavy atom. The van der Waals surface area contributed by atoms with Crippen LogP contribution in [-0.4, -0.2) is 23.5 Å². The van der Waals surface area contributed by atoms with Crippen molar-refractivity contribution in [3.8, 4) is 0 Å². The van der Waals surface area contributed by atoms with E-state index in [1.165, 1.54) is 19.3 Å². The number of hydrogen-bond donors (Lipinski definition) is 0. The minimum Gasteiger partial charge on any atom is -0.400 e. The monoisotopic (exact) mass is 188 g/mol. The predicted molar refractivity (Wildman–Crippen MR) is 52.5 cm³/mol. The Balaban J connectivity index is 2.60. The molecule has 1 saturated carbocycles. The zero-order chi connectivity index (χ0) is 9.19. The molecule has 72 valence electrons. The lowest BCUT2D eigenvalue weighted by Crippen LogP contribution is -2.32. The zero-order valence-electron chi connectivity index (χ0n) is 8.59. The lowest BCUT2D eigenvalue weighted by Gasteiger charge is -2.30. The van der Waals surface area contributed by atoms with Gasteiger partial charge in [0.1, 0.15) is 0 Å². The van der Waals surface area contributed by atoms with E-state index in [4.69, 9.17) is 8.85 Å². The first-order chi connectivity index (χ1) is 5.61. The summed E-state index contributed by atoms with van der Waals surface area (Å²) < 4.78 is 10.9. The Hall–Kier alpha value is 0.137. The molecular weight excluding hydrogens is 168 g/mol. The van der Waals surface area contributed by atoms with Gasteiger partial charge in [0.15, 0.2) is 0 Å². The van der Waals surface area contributed by atoms with E-state index in [1.54, 1.807) is 14.2 Å². The molecule has 1 aliphatic carbocycles. The van der Waals surface area contributed by atoms with Gasteiger partial charge < -0.3 is 8.85 Å². The fourth-order valence-electron chi connectivity index (χ4n) is 2.28. The molecule has 1 unspecified atom stereocenters. The van der Waals surface area contributed by atoms with Gasteiger partial charge in [-0.1, -0.05) is 20.3 Å². The average molecular weight is 188 g/mol. The molecule has 0 amide bonds. The van der Waals surface area contributed by atoms with E-state index in [2.05, 4.69) is 13.8 Å². The Morgan fingerprint density at radius 1 is 1.25 bits per heavy atom. The highest BCUT2D eigenvalue weighted by Crippen LogP contribution is 2.48. The summed E-state index contributed by atoms with van der Waals surface area (Å²) >= 11 is 0. The minimum absolute atomic E-state index is 0.447. The molecule has 12 heavy (non-hydrogen) atoms. The lowest BCUT2D eigenvalue weighted by atomic mass is 9.91. The van der Waals surface area contributed by atoms with Crippen molar-refractivity contribution in [2.24, 2.45) is 5.41 Å². The molecule has 1 aliphatic rings. The third kappa shape index (κ3) is 1.89. The molecule has 0 aromatic rings. The second-order valence-electron chi connectivity index (χ2n) is 4.33. The van der Waals surface area contributed by atoms with Crippen LogP contribution in [0.25, 0.3) is 0 Å². The molecule has 0 aliphatic heterocycles. The van der Waals surface area contributed by atoms with E-state index in [9.17, 15) is 0 Å². The fraction of sp³-hybridized carbons (Fsp3) is 1.00. The van der Waals surface area contributed by atoms with E-state index in [0.717, 1.165) is 0 Å². The van der Waals surface area contributed by atoms with Crippen LogP contribution >= 0.6 is 0 Å². The first-order valence-electron chi connectivity index (χ1n) is 4.67. The smallest absolute Gasteiger partial charge is 0.324 e. The molecular formula is C9H20O2Si. The molecule has 0 saturated heterocycles. The van der Waals surface area contributed by atoms with Gasteiger partial charge in [-0.15, -0.1) is 0 Å². The molecule has 0 spiro atoms. The van der Waals surface area contributed by atoms with Crippen molar-refractivity contribution < 1.29 is 8.85 Å². The molecule has 1 fully saturated rings. The minimum atomic E-state index is -1.37. The van der Waals surface area contributed by atoms with Crippen LogP contribution in [0, 0.1) is 5.41 Å². The summed E-state index contributed by atoms with van der Waals surface area (Å²) in [4.78, 5) is 0. The van der Waals surface area contributed by atoms with Gasteiger partial charge in [-0.2, -0.15) is 0 Å². The molecule has 0 radical (unpaired) electrons. The molecule has 3 heteroatoms. The van der Waals surface area contributed by atoms with E-state index >= 15 is 0 Å². The average Bonchev–Trinajstić information content (AvgIpc) is 2.34. The quantitative estimate of drug-likeness (QED) is 0.631. The largest absolute Gasteiger partial charge is 0.400 e. The third-order valence-electron chi connectivity index (χ3n) is 3.13. The summed E-state index contributed by atoms with van der Waals surface area (Å²) in [6.07, 6.45) is 3.97. The molecule has 0 N–H and O–H groups in total. The van der Waals surface area contributed by atoms with Crippen LogP contribution < -0.4 is 0 Å². The lowest BCUT2D eigenvalue weighted by molar-refractivity contribution is 0.233. The van der Waals surface area contributed by atoms with Crippen LogP contribution in [0.5, 0.6) is 0 Å². The molecule has 0 heterocycles. The maximum atomic E-state index is 5.44. The van der Waals surface area contributed by atoms with E-state index in [-0.39, 0.29) is 0 Å². The Morgan fingerprint density at radius 2 is 1.83 bits per heavy atom. The first-order valence-corrected chi connectivity index (χ1v) is 6.28. The van der Waals surface area contributed by atoms with E-state index in [1.807, 2.05) is 0 Å². The fourth-order valence-corrected chi connectivity index (χ4v) is 4.54. The molecule has 0 bridgehead atoms. The van der Waals surface area contributed by atoms with Gasteiger partial charge >= 0.3 is 9.28 Å². The number of rotatable bonds is 3. The van der Waals surface area contributed by atoms with E-state index in [0.29, 0.717) is 11.0 Å². The summed E-state index contributed by atoms with van der Waals surface area (Å²) in [5.41, 5.74) is 1.15. The van der Waals surface area contributed by atoms with Crippen LogP contribution in [0.2, 0.25) is 5.54 Å². The van der Waals surface area contributed by atoms with Crippen molar-refractivity contribution >= 4 is 9.28 Å². The first kappa shape index (κ1) is 10.2. The highest BCUT2D eigenvalue weighted by molar-refractivity contribution is 6.46. The van der Waals surface area contributed by atoms with Crippen molar-refractivity contribution in [3.05, 3.63) is 0 Å². The predicted octanol–water partition coefficient (Wildman–Crippen LogP) is 2.08. The maximum Gasteiger partial charge on any atom is 0.324 e. The third-order valence-corrected chi connectivity index (χ3v) is 5.96. The topological polar surface area (TPSA) is 18.5 Å². The van der Waals surface area contributed by atoms with Gasteiger partial charge in [0, 0.05) is 19.8 Å². The summed E-state index contributed by atoms with van der Waals surface area (Å²) in [5.74, 6) is 0. The molecule has 2 nitrogen and oxygen atoms in total. The van der Waals surface area contributed by atoms with Gasteiger partial charge in [0.2, 0.25) is 0 Å². The Bertz CT molecular complexity index is 143. The molecule has 0 aromatic carbocycles. The molecule has 0 aromatic heterocycles. The summed E-state index contributed by atoms with van der Waals surface area (Å²) in [6, 6.07) is 0. The number of hydrogen-bond acceptors (Lipinski definition) is 2. The van der Waals surface area contributed by atoms with Crippen LogP contribution in [0.1, 0.15) is 33.1 Å². The van der Waals surface area contributed by atoms with Crippen molar-refractivity contribution in [2.45, 2.75) is 38.7 Å². The highest BCUT2D eigenvalue weighted by atomic mass is 28.3. The van der Waals surface area contributed by atoms with Gasteiger partial charge in [-0.3, -0.25) is 0 Å². The standard InChI is InChI=1S/C9H20O2Si/c1-9(2)7-5-6-8(9)12(10-3)11-4/h8,12H,5-7H2,1-4H3. The van der Waals surface area contributed by atoms with E-state index < -0.39 is 9.28 Å². The maximum absolute atomic E-state index is 5.44. The van der Waals surface area contributed by atoms with Crippen molar-refractivity contribution in [1.29, 1.82) is 0 Å². The van der Waals surface area contributed by atoms with Crippen LogP contribution in [-0.2, 0) is 8.85 Å². The highest BCUT2D eigenvalue weighted by Gasteiger charge is 2.41. The Labute approximate surface area is 77.1 Å². The van der Waals surface area contributed by atoms with Crippen molar-refractivity contribution in [1.82, 2.24) is 0 Å². The van der Waals surface area contributed by atoms with Gasteiger partial charge in [0.05, 0.1) is 0 Å². The van der Waals surface area contributed by atoms with Crippen LogP contribution in [0.4, 0.5) is 0 Å². The summed E-state index contributed by atoms with van der Waals surface area (Å²) in [5, 5.41) is 0. The molecule has 1 atom stereocenters. The van der Waals surface area contributed by atoms with Gasteiger partial charge in [0.25, 0.3) is 0 Å². The van der Waals surface area contributed by atoms with Crippen molar-refractivity contribution in [2.75, 3.05) is 14.2 Å². The van der Waals surface area contributed by atoms with Gasteiger partial charge in [-0.05, 0) is 18.3 Å². The summed E-state index contributed by atoms with van der Waals surface area (Å²) in [7, 11) is 2.20. The second-order valence-corrected chi connectivity index (χ2v) is 6.81. The van der Waals surface area contributed by atoms with Crippen molar-refractivity contribution in [3.63, 3.8) is 0 Å². The normalized spacial score (nSPS) is 28.2. The SMILES string of the molecule is CO[SiH](OC)C1CCCC1(C)C. The van der Waals surface area contributed by atoms with Gasteiger partial charge in [-0.25, -0.2) is 0 Å². The Kier molecular flexibility index (Phi) is 3.32.